The minimum absolute atomic E-state index is 0.731. The van der Waals surface area contributed by atoms with E-state index in [1.165, 1.54) is 11.8 Å². The Morgan fingerprint density at radius 3 is 3.06 bits per heavy atom. The second-order valence-electron chi connectivity index (χ2n) is 3.74. The maximum Gasteiger partial charge on any atom is 0.175 e. The Balaban J connectivity index is 1.99. The van der Waals surface area contributed by atoms with Crippen LogP contribution in [0, 0.1) is 0 Å². The van der Waals surface area contributed by atoms with E-state index in [0.717, 1.165) is 27.0 Å². The summed E-state index contributed by atoms with van der Waals surface area (Å²) < 4.78 is 1.95. The summed E-state index contributed by atoms with van der Waals surface area (Å²) in [7, 11) is 1.95. The third-order valence-electron chi connectivity index (χ3n) is 2.45. The molecule has 0 saturated carbocycles. The van der Waals surface area contributed by atoms with Gasteiger partial charge in [0.1, 0.15) is 0 Å². The summed E-state index contributed by atoms with van der Waals surface area (Å²) in [5, 5.41) is 1.72. The molecule has 0 bridgehead atoms. The number of aryl methyl sites for hydroxylation is 1. The van der Waals surface area contributed by atoms with Crippen LogP contribution in [0.4, 0.5) is 5.69 Å². The van der Waals surface area contributed by atoms with Crippen molar-refractivity contribution in [3.63, 3.8) is 0 Å². The van der Waals surface area contributed by atoms with E-state index in [-0.39, 0.29) is 0 Å². The van der Waals surface area contributed by atoms with Crippen LogP contribution in [0.25, 0.3) is 11.0 Å². The van der Waals surface area contributed by atoms with Crippen molar-refractivity contribution in [3.8, 4) is 0 Å². The molecular formula is C11H11N5S. The molecule has 2 aromatic heterocycles. The van der Waals surface area contributed by atoms with Gasteiger partial charge in [0, 0.05) is 25.1 Å². The molecule has 5 nitrogen and oxygen atoms in total. The average Bonchev–Trinajstić information content (AvgIpc) is 2.85. The number of hydrogen-bond donors (Lipinski definition) is 2. The molecule has 3 rings (SSSR count). The number of hydrogen-bond acceptors (Lipinski definition) is 4. The predicted molar refractivity (Wildman–Crippen MR) is 67.8 cm³/mol. The summed E-state index contributed by atoms with van der Waals surface area (Å²) >= 11 is 1.50. The fourth-order valence-electron chi connectivity index (χ4n) is 1.59. The Morgan fingerprint density at radius 2 is 2.29 bits per heavy atom. The Bertz CT molecular complexity index is 669. The number of aromatic nitrogens is 4. The van der Waals surface area contributed by atoms with Crippen LogP contribution in [0.5, 0.6) is 0 Å². The minimum atomic E-state index is 0.731. The lowest BCUT2D eigenvalue weighted by molar-refractivity contribution is 0.787. The molecule has 0 spiro atoms. The highest BCUT2D eigenvalue weighted by Gasteiger charge is 2.07. The van der Waals surface area contributed by atoms with Crippen LogP contribution in [0.1, 0.15) is 0 Å². The monoisotopic (exact) mass is 245 g/mol. The highest BCUT2D eigenvalue weighted by atomic mass is 32.2. The van der Waals surface area contributed by atoms with Crippen LogP contribution in [0.3, 0.4) is 0 Å². The molecule has 86 valence electrons. The smallest absolute Gasteiger partial charge is 0.175 e. The third-order valence-corrected chi connectivity index (χ3v) is 3.41. The van der Waals surface area contributed by atoms with Gasteiger partial charge in [0.05, 0.1) is 11.0 Å². The molecule has 3 aromatic rings. The number of benzene rings is 1. The number of nitrogen functional groups attached to an aromatic ring is 1. The van der Waals surface area contributed by atoms with Crippen LogP contribution in [-0.4, -0.2) is 19.5 Å². The van der Waals surface area contributed by atoms with E-state index in [1.54, 1.807) is 6.20 Å². The summed E-state index contributed by atoms with van der Waals surface area (Å²) in [6.45, 7) is 0. The quantitative estimate of drug-likeness (QED) is 0.678. The molecule has 6 heteroatoms. The van der Waals surface area contributed by atoms with Gasteiger partial charge in [0.15, 0.2) is 10.3 Å². The zero-order chi connectivity index (χ0) is 11.8. The average molecular weight is 245 g/mol. The molecule has 0 radical (unpaired) electrons. The highest BCUT2D eigenvalue weighted by Crippen LogP contribution is 2.26. The summed E-state index contributed by atoms with van der Waals surface area (Å²) in [4.78, 5) is 11.9. The Hall–Kier alpha value is -1.95. The molecule has 2 heterocycles. The molecule has 0 saturated heterocycles. The summed E-state index contributed by atoms with van der Waals surface area (Å²) in [6.07, 6.45) is 3.67. The molecule has 0 amide bonds. The molecule has 3 N–H and O–H groups in total. The second-order valence-corrected chi connectivity index (χ2v) is 4.70. The SMILES string of the molecule is Cn1ccnc1Sc1nc2ccc(N)cc2[nH]1. The molecule has 1 aromatic carbocycles. The van der Waals surface area contributed by atoms with Crippen LogP contribution in [0.15, 0.2) is 40.9 Å². The molecule has 17 heavy (non-hydrogen) atoms. The number of rotatable bonds is 2. The lowest BCUT2D eigenvalue weighted by atomic mass is 10.3. The second kappa shape index (κ2) is 3.81. The first-order valence-corrected chi connectivity index (χ1v) is 5.94. The topological polar surface area (TPSA) is 72.5 Å². The maximum atomic E-state index is 5.72. The molecule has 0 fully saturated rings. The lowest BCUT2D eigenvalue weighted by Crippen LogP contribution is -1.88. The molecule has 0 aliphatic carbocycles. The van der Waals surface area contributed by atoms with Crippen molar-refractivity contribution in [3.05, 3.63) is 30.6 Å². The van der Waals surface area contributed by atoms with E-state index in [4.69, 9.17) is 5.73 Å². The van der Waals surface area contributed by atoms with E-state index in [0.29, 0.717) is 0 Å². The van der Waals surface area contributed by atoms with E-state index >= 15 is 0 Å². The Kier molecular flexibility index (Phi) is 2.29. The van der Waals surface area contributed by atoms with Crippen LogP contribution < -0.4 is 5.73 Å². The maximum absolute atomic E-state index is 5.72. The first-order valence-electron chi connectivity index (χ1n) is 5.13. The molecule has 0 unspecified atom stereocenters. The van der Waals surface area contributed by atoms with Gasteiger partial charge in [-0.05, 0) is 30.0 Å². The van der Waals surface area contributed by atoms with Crippen molar-refractivity contribution in [1.82, 2.24) is 19.5 Å². The summed E-state index contributed by atoms with van der Waals surface area (Å²) in [6, 6.07) is 5.63. The number of nitrogens with zero attached hydrogens (tertiary/aromatic N) is 3. The van der Waals surface area contributed by atoms with Gasteiger partial charge in [-0.15, -0.1) is 0 Å². The number of imidazole rings is 2. The standard InChI is InChI=1S/C11H11N5S/c1-16-5-4-13-11(16)17-10-14-8-3-2-7(12)6-9(8)15-10/h2-6H,12H2,1H3,(H,14,15). The van der Waals surface area contributed by atoms with E-state index in [9.17, 15) is 0 Å². The van der Waals surface area contributed by atoms with Gasteiger partial charge in [-0.2, -0.15) is 0 Å². The predicted octanol–water partition coefficient (Wildman–Crippen LogP) is 2.03. The first-order chi connectivity index (χ1) is 8.22. The van der Waals surface area contributed by atoms with E-state index in [2.05, 4.69) is 15.0 Å². The number of nitrogens with one attached hydrogen (secondary N) is 1. The van der Waals surface area contributed by atoms with Crippen LogP contribution >= 0.6 is 11.8 Å². The van der Waals surface area contributed by atoms with Crippen LogP contribution in [0.2, 0.25) is 0 Å². The number of aromatic amines is 1. The van der Waals surface area contributed by atoms with Gasteiger partial charge in [-0.25, -0.2) is 9.97 Å². The number of anilines is 1. The summed E-state index contributed by atoms with van der Waals surface area (Å²) in [5.74, 6) is 0. The number of H-pyrrole nitrogens is 1. The number of nitrogens with two attached hydrogens (primary N) is 1. The van der Waals surface area contributed by atoms with Crippen molar-refractivity contribution in [2.24, 2.45) is 7.05 Å². The molecule has 0 aliphatic heterocycles. The van der Waals surface area contributed by atoms with Crippen molar-refractivity contribution < 1.29 is 0 Å². The van der Waals surface area contributed by atoms with E-state index < -0.39 is 0 Å². The molecular weight excluding hydrogens is 234 g/mol. The minimum Gasteiger partial charge on any atom is -0.399 e. The van der Waals surface area contributed by atoms with Gasteiger partial charge < -0.3 is 15.3 Å². The lowest BCUT2D eigenvalue weighted by Gasteiger charge is -1.96. The highest BCUT2D eigenvalue weighted by molar-refractivity contribution is 7.99. The van der Waals surface area contributed by atoms with Crippen molar-refractivity contribution in [2.45, 2.75) is 10.3 Å². The molecule has 0 atom stereocenters. The summed E-state index contributed by atoms with van der Waals surface area (Å²) in [5.41, 5.74) is 8.31. The largest absolute Gasteiger partial charge is 0.399 e. The van der Waals surface area contributed by atoms with Gasteiger partial charge in [0.2, 0.25) is 0 Å². The van der Waals surface area contributed by atoms with E-state index in [1.807, 2.05) is 36.0 Å². The van der Waals surface area contributed by atoms with Gasteiger partial charge in [-0.3, -0.25) is 0 Å². The Labute approximate surface area is 102 Å². The van der Waals surface area contributed by atoms with Gasteiger partial charge in [0.25, 0.3) is 0 Å². The van der Waals surface area contributed by atoms with Crippen LogP contribution in [-0.2, 0) is 7.05 Å². The molecule has 0 aliphatic rings. The Morgan fingerprint density at radius 1 is 1.41 bits per heavy atom. The van der Waals surface area contributed by atoms with Crippen molar-refractivity contribution in [2.75, 3.05) is 5.73 Å². The third kappa shape index (κ3) is 1.87. The van der Waals surface area contributed by atoms with Crippen molar-refractivity contribution in [1.29, 1.82) is 0 Å². The number of fused-ring (bicyclic) bond motifs is 1. The van der Waals surface area contributed by atoms with Gasteiger partial charge >= 0.3 is 0 Å². The zero-order valence-corrected chi connectivity index (χ0v) is 10.0. The fourth-order valence-corrected chi connectivity index (χ4v) is 2.39. The fraction of sp³-hybridized carbons (Fsp3) is 0.0909. The van der Waals surface area contributed by atoms with Gasteiger partial charge in [-0.1, -0.05) is 0 Å². The normalized spacial score (nSPS) is 11.1. The first kappa shape index (κ1) is 10.2. The zero-order valence-electron chi connectivity index (χ0n) is 9.21. The van der Waals surface area contributed by atoms with Crippen molar-refractivity contribution >= 4 is 28.5 Å².